The van der Waals surface area contributed by atoms with Crippen LogP contribution in [-0.4, -0.2) is 70.7 Å². The summed E-state index contributed by atoms with van der Waals surface area (Å²) in [5.74, 6) is 0.851. The van der Waals surface area contributed by atoms with E-state index in [9.17, 15) is 4.79 Å². The number of aromatic nitrogens is 3. The molecule has 1 aliphatic rings. The smallest absolute Gasteiger partial charge is 0.253 e. The van der Waals surface area contributed by atoms with Crippen LogP contribution in [0.25, 0.3) is 33.4 Å². The molecule has 33 heavy (non-hydrogen) atoms. The molecule has 1 N–H and O–H groups in total. The Kier molecular flexibility index (Phi) is 5.79. The minimum absolute atomic E-state index is 0.0830. The SMILES string of the molecule is CCN1CCN(C(=O)c2cccc(-c3cnc4n[nH]c(-c5ccccc5OC)c4c3)c2)CC1. The number of carbonyl (C=O) groups excluding carboxylic acids is 1. The molecule has 7 heteroatoms. The zero-order valence-electron chi connectivity index (χ0n) is 18.9. The number of amides is 1. The van der Waals surface area contributed by atoms with Crippen LogP contribution in [-0.2, 0) is 0 Å². The van der Waals surface area contributed by atoms with Gasteiger partial charge in [-0.25, -0.2) is 4.98 Å². The highest BCUT2D eigenvalue weighted by atomic mass is 16.5. The number of hydrogen-bond donors (Lipinski definition) is 1. The first-order chi connectivity index (χ1) is 16.2. The third kappa shape index (κ3) is 4.07. The zero-order valence-corrected chi connectivity index (χ0v) is 18.9. The number of rotatable bonds is 5. The summed E-state index contributed by atoms with van der Waals surface area (Å²) >= 11 is 0. The van der Waals surface area contributed by atoms with Crippen molar-refractivity contribution in [3.8, 4) is 28.1 Å². The number of hydrogen-bond acceptors (Lipinski definition) is 5. The van der Waals surface area contributed by atoms with E-state index in [1.54, 1.807) is 13.3 Å². The second-order valence-electron chi connectivity index (χ2n) is 8.20. The summed E-state index contributed by atoms with van der Waals surface area (Å²) < 4.78 is 5.53. The lowest BCUT2D eigenvalue weighted by atomic mass is 10.0. The number of pyridine rings is 1. The van der Waals surface area contributed by atoms with Crippen molar-refractivity contribution in [2.75, 3.05) is 39.8 Å². The molecule has 0 bridgehead atoms. The minimum Gasteiger partial charge on any atom is -0.496 e. The van der Waals surface area contributed by atoms with Crippen molar-refractivity contribution < 1.29 is 9.53 Å². The molecule has 0 spiro atoms. The fraction of sp³-hybridized carbons (Fsp3) is 0.269. The second-order valence-corrected chi connectivity index (χ2v) is 8.20. The molecule has 5 rings (SSSR count). The predicted molar refractivity (Wildman–Crippen MR) is 129 cm³/mol. The third-order valence-electron chi connectivity index (χ3n) is 6.34. The lowest BCUT2D eigenvalue weighted by Gasteiger charge is -2.34. The highest BCUT2D eigenvalue weighted by molar-refractivity contribution is 5.97. The Morgan fingerprint density at radius 3 is 2.64 bits per heavy atom. The van der Waals surface area contributed by atoms with Crippen LogP contribution in [0.5, 0.6) is 5.75 Å². The molecule has 1 aliphatic heterocycles. The van der Waals surface area contributed by atoms with Gasteiger partial charge in [0.05, 0.1) is 12.8 Å². The van der Waals surface area contributed by atoms with E-state index in [1.807, 2.05) is 53.4 Å². The molecule has 0 aliphatic carbocycles. The molecular weight excluding hydrogens is 414 g/mol. The molecule has 168 valence electrons. The monoisotopic (exact) mass is 441 g/mol. The number of nitrogens with one attached hydrogen (secondary N) is 1. The Hall–Kier alpha value is -3.71. The number of carbonyl (C=O) groups is 1. The second kappa shape index (κ2) is 9.03. The van der Waals surface area contributed by atoms with Crippen molar-refractivity contribution in [2.24, 2.45) is 0 Å². The highest BCUT2D eigenvalue weighted by Gasteiger charge is 2.22. The van der Waals surface area contributed by atoms with E-state index >= 15 is 0 Å². The number of ether oxygens (including phenoxy) is 1. The molecule has 0 radical (unpaired) electrons. The largest absolute Gasteiger partial charge is 0.496 e. The molecule has 1 saturated heterocycles. The Morgan fingerprint density at radius 1 is 1.03 bits per heavy atom. The Bertz CT molecular complexity index is 1290. The van der Waals surface area contributed by atoms with Gasteiger partial charge in [0.25, 0.3) is 5.91 Å². The van der Waals surface area contributed by atoms with Gasteiger partial charge in [0.15, 0.2) is 5.65 Å². The van der Waals surface area contributed by atoms with Crippen LogP contribution in [0, 0.1) is 0 Å². The van der Waals surface area contributed by atoms with E-state index in [1.165, 1.54) is 0 Å². The van der Waals surface area contributed by atoms with E-state index < -0.39 is 0 Å². The van der Waals surface area contributed by atoms with Gasteiger partial charge >= 0.3 is 0 Å². The molecule has 2 aromatic heterocycles. The van der Waals surface area contributed by atoms with Crippen LogP contribution in [0.2, 0.25) is 0 Å². The first-order valence-corrected chi connectivity index (χ1v) is 11.3. The van der Waals surface area contributed by atoms with Gasteiger partial charge in [-0.2, -0.15) is 5.10 Å². The maximum absolute atomic E-state index is 13.1. The molecule has 0 atom stereocenters. The lowest BCUT2D eigenvalue weighted by molar-refractivity contribution is 0.0643. The molecule has 1 amide bonds. The average Bonchev–Trinajstić information content (AvgIpc) is 3.31. The molecule has 7 nitrogen and oxygen atoms in total. The van der Waals surface area contributed by atoms with Crippen LogP contribution in [0.3, 0.4) is 0 Å². The first-order valence-electron chi connectivity index (χ1n) is 11.3. The molecule has 3 heterocycles. The maximum Gasteiger partial charge on any atom is 0.253 e. The molecule has 1 fully saturated rings. The van der Waals surface area contributed by atoms with Gasteiger partial charge in [-0.1, -0.05) is 31.2 Å². The summed E-state index contributed by atoms with van der Waals surface area (Å²) in [6.45, 7) is 6.57. The number of fused-ring (bicyclic) bond motifs is 1. The highest BCUT2D eigenvalue weighted by Crippen LogP contribution is 2.34. The number of H-pyrrole nitrogens is 1. The van der Waals surface area contributed by atoms with Crippen molar-refractivity contribution in [2.45, 2.75) is 6.92 Å². The van der Waals surface area contributed by atoms with E-state index in [-0.39, 0.29) is 5.91 Å². The van der Waals surface area contributed by atoms with Gasteiger partial charge in [-0.3, -0.25) is 9.89 Å². The van der Waals surface area contributed by atoms with Gasteiger partial charge in [0, 0.05) is 54.5 Å². The average molecular weight is 442 g/mol. The van der Waals surface area contributed by atoms with Gasteiger partial charge < -0.3 is 14.5 Å². The van der Waals surface area contributed by atoms with Gasteiger partial charge in [-0.15, -0.1) is 0 Å². The van der Waals surface area contributed by atoms with Crippen LogP contribution in [0.15, 0.2) is 60.8 Å². The van der Waals surface area contributed by atoms with E-state index in [4.69, 9.17) is 4.74 Å². The molecular formula is C26H27N5O2. The summed E-state index contributed by atoms with van der Waals surface area (Å²) in [5, 5.41) is 8.38. The quantitative estimate of drug-likeness (QED) is 0.505. The van der Waals surface area contributed by atoms with Gasteiger partial charge in [0.2, 0.25) is 0 Å². The van der Waals surface area contributed by atoms with Crippen molar-refractivity contribution >= 4 is 16.9 Å². The number of piperazine rings is 1. The van der Waals surface area contributed by atoms with Crippen molar-refractivity contribution in [3.63, 3.8) is 0 Å². The Morgan fingerprint density at radius 2 is 1.85 bits per heavy atom. The topological polar surface area (TPSA) is 74.4 Å². The number of likely N-dealkylation sites (N-methyl/N-ethyl adjacent to an activating group) is 1. The summed E-state index contributed by atoms with van der Waals surface area (Å²) in [6, 6.07) is 17.7. The summed E-state index contributed by atoms with van der Waals surface area (Å²) in [6.07, 6.45) is 1.80. The molecule has 4 aromatic rings. The van der Waals surface area contributed by atoms with Crippen molar-refractivity contribution in [1.82, 2.24) is 25.0 Å². The number of aromatic amines is 1. The molecule has 0 saturated carbocycles. The van der Waals surface area contributed by atoms with E-state index in [0.717, 1.165) is 66.2 Å². The third-order valence-corrected chi connectivity index (χ3v) is 6.34. The van der Waals surface area contributed by atoms with Crippen LogP contribution in [0.1, 0.15) is 17.3 Å². The van der Waals surface area contributed by atoms with Crippen LogP contribution < -0.4 is 4.74 Å². The number of benzene rings is 2. The van der Waals surface area contributed by atoms with E-state index in [0.29, 0.717) is 11.2 Å². The summed E-state index contributed by atoms with van der Waals surface area (Å²) in [5.41, 5.74) is 5.02. The van der Waals surface area contributed by atoms with Gasteiger partial charge in [0.1, 0.15) is 5.75 Å². The normalized spacial score (nSPS) is 14.5. The lowest BCUT2D eigenvalue weighted by Crippen LogP contribution is -2.48. The van der Waals surface area contributed by atoms with Crippen LogP contribution >= 0.6 is 0 Å². The predicted octanol–water partition coefficient (Wildman–Crippen LogP) is 4.08. The first kappa shape index (κ1) is 21.2. The van der Waals surface area contributed by atoms with E-state index in [2.05, 4.69) is 33.1 Å². The molecule has 2 aromatic carbocycles. The summed E-state index contributed by atoms with van der Waals surface area (Å²) in [7, 11) is 1.66. The number of methoxy groups -OCH3 is 1. The minimum atomic E-state index is 0.0830. The Labute approximate surface area is 193 Å². The van der Waals surface area contributed by atoms with Crippen molar-refractivity contribution in [3.05, 3.63) is 66.4 Å². The standard InChI is InChI=1S/C26H27N5O2/c1-3-30-11-13-31(14-12-30)26(32)19-8-6-7-18(15-19)20-16-22-24(28-29-25(22)27-17-20)21-9-4-5-10-23(21)33-2/h4-10,15-17H,3,11-14H2,1-2H3,(H,27,28,29). The Balaban J connectivity index is 1.47. The number of para-hydroxylation sites is 1. The van der Waals surface area contributed by atoms with Gasteiger partial charge in [-0.05, 0) is 42.4 Å². The fourth-order valence-corrected chi connectivity index (χ4v) is 4.40. The zero-order chi connectivity index (χ0) is 22.8. The molecule has 0 unspecified atom stereocenters. The maximum atomic E-state index is 13.1. The number of nitrogens with zero attached hydrogens (tertiary/aromatic N) is 4. The van der Waals surface area contributed by atoms with Crippen LogP contribution in [0.4, 0.5) is 0 Å². The fourth-order valence-electron chi connectivity index (χ4n) is 4.40. The summed E-state index contributed by atoms with van der Waals surface area (Å²) in [4.78, 5) is 22.0. The van der Waals surface area contributed by atoms with Crippen molar-refractivity contribution in [1.29, 1.82) is 0 Å².